The topological polar surface area (TPSA) is 73.8 Å². The van der Waals surface area contributed by atoms with Crippen molar-refractivity contribution in [3.05, 3.63) is 51.9 Å². The van der Waals surface area contributed by atoms with Gasteiger partial charge in [-0.1, -0.05) is 29.8 Å². The summed E-state index contributed by atoms with van der Waals surface area (Å²) in [6, 6.07) is 11.0. The molecule has 0 aliphatic carbocycles. The summed E-state index contributed by atoms with van der Waals surface area (Å²) < 4.78 is 25.7. The molecule has 2 aromatic rings. The van der Waals surface area contributed by atoms with Crippen LogP contribution in [0.25, 0.3) is 0 Å². The maximum Gasteiger partial charge on any atom is 0.252 e. The third kappa shape index (κ3) is 6.08. The Kier molecular flexibility index (Phi) is 9.31. The number of guanidine groups is 1. The number of aliphatic imine (C=N–C) groups is 1. The normalized spacial score (nSPS) is 12.0. The van der Waals surface area contributed by atoms with Crippen LogP contribution in [0, 0.1) is 0 Å². The Morgan fingerprint density at radius 3 is 2.42 bits per heavy atom. The number of rotatable bonds is 6. The highest BCUT2D eigenvalue weighted by Crippen LogP contribution is 2.23. The van der Waals surface area contributed by atoms with Crippen LogP contribution in [-0.4, -0.2) is 39.8 Å². The third-order valence-corrected chi connectivity index (χ3v) is 7.17. The van der Waals surface area contributed by atoms with E-state index in [0.29, 0.717) is 28.3 Å². The number of hydrogen-bond donors (Lipinski definition) is 2. The maximum atomic E-state index is 12.1. The summed E-state index contributed by atoms with van der Waals surface area (Å²) in [6.45, 7) is 1.03. The molecule has 0 atom stereocenters. The van der Waals surface area contributed by atoms with Gasteiger partial charge in [0.15, 0.2) is 5.96 Å². The van der Waals surface area contributed by atoms with Gasteiger partial charge in [0.1, 0.15) is 4.21 Å². The highest BCUT2D eigenvalue weighted by Gasteiger charge is 2.19. The lowest BCUT2D eigenvalue weighted by Crippen LogP contribution is -2.36. The molecule has 0 aliphatic heterocycles. The number of halogens is 2. The first-order chi connectivity index (χ1) is 11.8. The second-order valence-corrected chi connectivity index (χ2v) is 9.33. The molecule has 1 aromatic heterocycles. The van der Waals surface area contributed by atoms with E-state index >= 15 is 0 Å². The van der Waals surface area contributed by atoms with Gasteiger partial charge in [-0.15, -0.1) is 35.3 Å². The molecule has 0 aliphatic rings. The summed E-state index contributed by atoms with van der Waals surface area (Å²) in [4.78, 5) is 5.06. The Hall–Kier alpha value is -0.880. The van der Waals surface area contributed by atoms with Crippen LogP contribution in [0.2, 0.25) is 5.02 Å². The monoisotopic (exact) mass is 528 g/mol. The van der Waals surface area contributed by atoms with Crippen molar-refractivity contribution in [1.29, 1.82) is 0 Å². The molecule has 2 rings (SSSR count). The van der Waals surface area contributed by atoms with Crippen molar-refractivity contribution < 1.29 is 8.42 Å². The van der Waals surface area contributed by atoms with Crippen LogP contribution in [0.4, 0.5) is 0 Å². The maximum absolute atomic E-state index is 12.1. The Balaban J connectivity index is 0.00000338. The van der Waals surface area contributed by atoms with Crippen LogP contribution < -0.4 is 10.6 Å². The number of thiophene rings is 1. The van der Waals surface area contributed by atoms with Crippen molar-refractivity contribution in [3.63, 3.8) is 0 Å². The lowest BCUT2D eigenvalue weighted by molar-refractivity contribution is 0.523. The molecule has 1 heterocycles. The van der Waals surface area contributed by atoms with Crippen molar-refractivity contribution in [2.75, 3.05) is 21.1 Å². The summed E-state index contributed by atoms with van der Waals surface area (Å²) in [7, 11) is 1.33. The Bertz CT molecular complexity index is 853. The standard InChI is InChI=1S/C16H21ClN4O2S2.HI/c1-18-16(19-10-12-6-4-5-7-14(12)17)20-11-13-8-9-15(24-13)25(22,23)21(2)3;/h4-9H,10-11H2,1-3H3,(H2,18,19,20);1H. The summed E-state index contributed by atoms with van der Waals surface area (Å²) in [5.74, 6) is 0.616. The Labute approximate surface area is 180 Å². The van der Waals surface area contributed by atoms with Gasteiger partial charge in [0.2, 0.25) is 0 Å². The predicted molar refractivity (Wildman–Crippen MR) is 119 cm³/mol. The van der Waals surface area contributed by atoms with Crippen LogP contribution in [0.3, 0.4) is 0 Å². The fourth-order valence-electron chi connectivity index (χ4n) is 1.98. The number of nitrogens with one attached hydrogen (secondary N) is 2. The molecule has 0 saturated heterocycles. The molecule has 0 bridgehead atoms. The second-order valence-electron chi connectivity index (χ2n) is 5.38. The first-order valence-electron chi connectivity index (χ1n) is 7.53. The lowest BCUT2D eigenvalue weighted by Gasteiger charge is -2.12. The van der Waals surface area contributed by atoms with Gasteiger partial charge in [0.05, 0.1) is 6.54 Å². The van der Waals surface area contributed by atoms with E-state index < -0.39 is 10.0 Å². The number of nitrogens with zero attached hydrogens (tertiary/aromatic N) is 2. The second kappa shape index (κ2) is 10.5. The number of hydrogen-bond acceptors (Lipinski definition) is 4. The van der Waals surface area contributed by atoms with E-state index in [1.807, 2.05) is 24.3 Å². The fourth-order valence-corrected chi connectivity index (χ4v) is 4.65. The zero-order chi connectivity index (χ0) is 18.4. The summed E-state index contributed by atoms with van der Waals surface area (Å²) in [5.41, 5.74) is 0.975. The van der Waals surface area contributed by atoms with Crippen molar-refractivity contribution in [1.82, 2.24) is 14.9 Å². The molecule has 2 N–H and O–H groups in total. The van der Waals surface area contributed by atoms with Gasteiger partial charge < -0.3 is 10.6 Å². The van der Waals surface area contributed by atoms with Crippen LogP contribution >= 0.6 is 46.9 Å². The van der Waals surface area contributed by atoms with E-state index in [0.717, 1.165) is 10.4 Å². The van der Waals surface area contributed by atoms with Crippen LogP contribution in [-0.2, 0) is 23.1 Å². The van der Waals surface area contributed by atoms with Crippen molar-refractivity contribution in [3.8, 4) is 0 Å². The third-order valence-electron chi connectivity index (χ3n) is 3.43. The van der Waals surface area contributed by atoms with Crippen LogP contribution in [0.5, 0.6) is 0 Å². The summed E-state index contributed by atoms with van der Waals surface area (Å²) >= 11 is 7.38. The smallest absolute Gasteiger partial charge is 0.252 e. The zero-order valence-corrected chi connectivity index (χ0v) is 19.4. The van der Waals surface area contributed by atoms with Crippen molar-refractivity contribution in [2.45, 2.75) is 17.3 Å². The molecular weight excluding hydrogens is 507 g/mol. The number of benzene rings is 1. The summed E-state index contributed by atoms with van der Waals surface area (Å²) in [5, 5.41) is 7.05. The molecule has 26 heavy (non-hydrogen) atoms. The first-order valence-corrected chi connectivity index (χ1v) is 10.2. The Morgan fingerprint density at radius 1 is 1.15 bits per heavy atom. The molecule has 144 valence electrons. The average molecular weight is 529 g/mol. The molecule has 6 nitrogen and oxygen atoms in total. The molecule has 0 saturated carbocycles. The fraction of sp³-hybridized carbons (Fsp3) is 0.312. The van der Waals surface area contributed by atoms with E-state index in [4.69, 9.17) is 11.6 Å². The van der Waals surface area contributed by atoms with Gasteiger partial charge in [-0.05, 0) is 23.8 Å². The van der Waals surface area contributed by atoms with Crippen molar-refractivity contribution in [2.24, 2.45) is 4.99 Å². The molecule has 0 spiro atoms. The van der Waals surface area contributed by atoms with E-state index in [-0.39, 0.29) is 24.0 Å². The van der Waals surface area contributed by atoms with E-state index in [2.05, 4.69) is 15.6 Å². The molecule has 1 aromatic carbocycles. The SMILES string of the molecule is CN=C(NCc1ccc(S(=O)(=O)N(C)C)s1)NCc1ccccc1Cl.I. The van der Waals surface area contributed by atoms with Gasteiger partial charge in [0.25, 0.3) is 10.0 Å². The molecule has 0 unspecified atom stereocenters. The molecule has 0 amide bonds. The minimum Gasteiger partial charge on any atom is -0.352 e. The average Bonchev–Trinajstić information content (AvgIpc) is 3.06. The lowest BCUT2D eigenvalue weighted by atomic mass is 10.2. The highest BCUT2D eigenvalue weighted by atomic mass is 127. The highest BCUT2D eigenvalue weighted by molar-refractivity contribution is 14.0. The molecular formula is C16H22ClIN4O2S2. The predicted octanol–water partition coefficient (Wildman–Crippen LogP) is 3.14. The minimum absolute atomic E-state index is 0. The van der Waals surface area contributed by atoms with Gasteiger partial charge in [0, 0.05) is 37.6 Å². The van der Waals surface area contributed by atoms with E-state index in [9.17, 15) is 8.42 Å². The van der Waals surface area contributed by atoms with Crippen LogP contribution in [0.1, 0.15) is 10.4 Å². The minimum atomic E-state index is -3.39. The summed E-state index contributed by atoms with van der Waals surface area (Å²) in [6.07, 6.45) is 0. The van der Waals surface area contributed by atoms with E-state index in [1.165, 1.54) is 29.7 Å². The Morgan fingerprint density at radius 2 is 1.81 bits per heavy atom. The quantitative estimate of drug-likeness (QED) is 0.343. The molecule has 0 radical (unpaired) electrons. The van der Waals surface area contributed by atoms with Crippen LogP contribution in [0.15, 0.2) is 45.6 Å². The largest absolute Gasteiger partial charge is 0.352 e. The number of sulfonamides is 1. The molecule has 0 fully saturated rings. The van der Waals surface area contributed by atoms with Gasteiger partial charge in [-0.25, -0.2) is 12.7 Å². The van der Waals surface area contributed by atoms with Crippen molar-refractivity contribution >= 4 is 62.9 Å². The first kappa shape index (κ1) is 23.2. The zero-order valence-electron chi connectivity index (χ0n) is 14.7. The molecule has 10 heteroatoms. The van der Waals surface area contributed by atoms with Gasteiger partial charge in [-0.3, -0.25) is 4.99 Å². The van der Waals surface area contributed by atoms with E-state index in [1.54, 1.807) is 19.2 Å². The van der Waals surface area contributed by atoms with Gasteiger partial charge in [-0.2, -0.15) is 0 Å². The van der Waals surface area contributed by atoms with Gasteiger partial charge >= 0.3 is 0 Å².